The molecule has 11 rings (SSSR count). The van der Waals surface area contributed by atoms with Gasteiger partial charge < -0.3 is 96.8 Å². The lowest BCUT2D eigenvalue weighted by Crippen LogP contribution is -2.49. The molecule has 0 saturated carbocycles. The molecule has 7 aliphatic heterocycles. The van der Waals surface area contributed by atoms with E-state index in [2.05, 4.69) is 147 Å². The van der Waals surface area contributed by atoms with Crippen LogP contribution in [0.2, 0.25) is 0 Å². The number of nitrogens with one attached hydrogen (secondary N) is 3. The molecule has 0 aromatic heterocycles. The van der Waals surface area contributed by atoms with E-state index in [-0.39, 0.29) is 158 Å². The van der Waals surface area contributed by atoms with Gasteiger partial charge in [-0.1, -0.05) is 121 Å². The Morgan fingerprint density at radius 1 is 0.353 bits per heavy atom. The molecule has 4 aromatic carbocycles. The van der Waals surface area contributed by atoms with E-state index in [1.807, 2.05) is 69.2 Å². The van der Waals surface area contributed by atoms with Crippen LogP contribution in [0.15, 0.2) is 145 Å². The van der Waals surface area contributed by atoms with Gasteiger partial charge in [-0.2, -0.15) is 0 Å². The first kappa shape index (κ1) is 124. The Morgan fingerprint density at radius 3 is 0.963 bits per heavy atom. The number of benzene rings is 4. The summed E-state index contributed by atoms with van der Waals surface area (Å²) in [5.41, 5.74) is 5.94. The highest BCUT2D eigenvalue weighted by Crippen LogP contribution is 2.37. The van der Waals surface area contributed by atoms with E-state index in [0.29, 0.717) is 110 Å². The van der Waals surface area contributed by atoms with Crippen molar-refractivity contribution >= 4 is 91.0 Å². The minimum atomic E-state index is -0.527. The Labute approximate surface area is 827 Å². The summed E-state index contributed by atoms with van der Waals surface area (Å²) in [6, 6.07) is 42.8. The number of carbonyl (C=O) groups excluding carboxylic acids is 9. The largest absolute Gasteiger partial charge is 0.466 e. The number of piperidine rings is 7. The van der Waals surface area contributed by atoms with Gasteiger partial charge in [-0.15, -0.1) is 37.2 Å². The topological polar surface area (TPSA) is 341 Å². The molecule has 0 spiro atoms. The quantitative estimate of drug-likeness (QED) is 0.0258. The fourth-order valence-electron chi connectivity index (χ4n) is 16.8. The van der Waals surface area contributed by atoms with Crippen LogP contribution in [0, 0.1) is 23.7 Å². The molecule has 136 heavy (non-hydrogen) atoms. The van der Waals surface area contributed by atoms with Gasteiger partial charge in [0.25, 0.3) is 0 Å². The van der Waals surface area contributed by atoms with Crippen LogP contribution in [0.25, 0.3) is 0 Å². The molecular formula is C102H160Cl3N7O24. The van der Waals surface area contributed by atoms with Gasteiger partial charge in [0.15, 0.2) is 5.78 Å². The molecule has 2 amide bonds. The van der Waals surface area contributed by atoms with Crippen molar-refractivity contribution in [1.82, 2.24) is 35.6 Å². The maximum Gasteiger partial charge on any atom is 0.410 e. The van der Waals surface area contributed by atoms with Crippen molar-refractivity contribution in [2.75, 3.05) is 181 Å². The normalized spacial score (nSPS) is 22.2. The maximum atomic E-state index is 12.0. The van der Waals surface area contributed by atoms with Crippen LogP contribution in [0.5, 0.6) is 0 Å². The molecule has 7 saturated heterocycles. The molecule has 34 heteroatoms. The summed E-state index contributed by atoms with van der Waals surface area (Å²) in [5.74, 6) is -0.0474. The first-order chi connectivity index (χ1) is 63.9. The Balaban J connectivity index is 0.000000544. The summed E-state index contributed by atoms with van der Waals surface area (Å²) in [7, 11) is 11.5. The van der Waals surface area contributed by atoms with Crippen LogP contribution in [0.3, 0.4) is 0 Å². The number of nitrogens with zero attached hydrogens (tertiary/aromatic N) is 4. The third-order valence-electron chi connectivity index (χ3n) is 23.4. The highest BCUT2D eigenvalue weighted by molar-refractivity contribution is 5.87. The van der Waals surface area contributed by atoms with Crippen LogP contribution in [-0.2, 0) is 105 Å². The summed E-state index contributed by atoms with van der Waals surface area (Å²) in [4.78, 5) is 112. The SMILES string of the molecule is CCOC(=O)C=C1CCN(C(=O)OC(C)(C)C)CC1OC.CCOC(=O)C=C1CCNCC1OC.CCOC(=O)CC1CCNCC1OC.CCOC(=O)C[C@H]1CCN(C(c2ccccc2)c2ccccc2)C[C@@H]1OC.CCOC(=O)C[C@H]1CCN(C(c2ccccc2)c2ccccc2)C[C@@H]1OC.CCOC(=O)C[C@H]1CCNC[C@@H]1OC.COC1CN(C(=O)OC(C)(C)C)CCC1=O.Cl.Cl.Cl. The van der Waals surface area contributed by atoms with E-state index in [0.717, 1.165) is 109 Å². The number of hydrogen-bond acceptors (Lipinski definition) is 29. The molecule has 4 aromatic rings. The Kier molecular flexibility index (Phi) is 62.6. The van der Waals surface area contributed by atoms with Crippen molar-refractivity contribution < 1.29 is 114 Å². The average molecular weight is 1970 g/mol. The third kappa shape index (κ3) is 45.8. The predicted molar refractivity (Wildman–Crippen MR) is 530 cm³/mol. The van der Waals surface area contributed by atoms with E-state index in [4.69, 9.17) is 71.1 Å². The maximum absolute atomic E-state index is 12.0. The molecule has 0 aliphatic carbocycles. The van der Waals surface area contributed by atoms with Gasteiger partial charge in [-0.3, -0.25) is 33.8 Å². The van der Waals surface area contributed by atoms with Crippen molar-refractivity contribution in [2.24, 2.45) is 23.7 Å². The van der Waals surface area contributed by atoms with Crippen LogP contribution < -0.4 is 16.0 Å². The van der Waals surface area contributed by atoms with Gasteiger partial charge in [0.1, 0.15) is 17.3 Å². The molecule has 5 unspecified atom stereocenters. The van der Waals surface area contributed by atoms with Crippen molar-refractivity contribution in [1.29, 1.82) is 0 Å². The summed E-state index contributed by atoms with van der Waals surface area (Å²) >= 11 is 0. The standard InChI is InChI=1S/2C23H29NO3.C15H25NO5.C11H19NO4.2C10H19NO3.C10H17NO3.3ClH/c2*1-3-27-22(25)16-20-14-15-24(17-21(20)26-2)23(18-10-6-4-7-11-18)19-12-8-5-9-13-19;1-6-20-13(17)9-11-7-8-16(10-12(11)19-5)14(18)21-15(2,3)4;1-11(2,3)16-10(14)12-6-5-8(13)9(7-12)15-4;3*1-3-14-10(12)6-8-4-5-11-7-9(8)13-2;;;/h2*4-13,20-21,23H,3,14-17H2,1-2H3;9,12H,6-8,10H2,1-5H3;9H,5-7H2,1-4H3;2*8-9,11H,3-7H2,1-2H3;6,9,11H,3-5,7H2,1-2H3;3*1H/t2*20-,21+;;;8-,9+;;;;;/m11..1...../s1. The number of carbonyl (C=O) groups is 9. The first-order valence-corrected chi connectivity index (χ1v) is 47.2. The minimum Gasteiger partial charge on any atom is -0.466 e. The highest BCUT2D eigenvalue weighted by atomic mass is 35.5. The highest BCUT2D eigenvalue weighted by Gasteiger charge is 2.40. The smallest absolute Gasteiger partial charge is 0.410 e. The molecular weight excluding hydrogens is 1810 g/mol. The lowest BCUT2D eigenvalue weighted by Gasteiger charge is -2.42. The zero-order valence-corrected chi connectivity index (χ0v) is 86.4. The Bertz CT molecular complexity index is 3840. The van der Waals surface area contributed by atoms with Gasteiger partial charge in [-0.25, -0.2) is 19.2 Å². The van der Waals surface area contributed by atoms with Gasteiger partial charge in [0.05, 0.1) is 127 Å². The number of halogens is 3. The minimum absolute atomic E-state index is 0. The molecule has 7 fully saturated rings. The molecule has 31 nitrogen and oxygen atoms in total. The number of rotatable bonds is 29. The van der Waals surface area contributed by atoms with E-state index in [1.165, 1.54) is 40.3 Å². The van der Waals surface area contributed by atoms with E-state index >= 15 is 0 Å². The monoisotopic (exact) mass is 1970 g/mol. The van der Waals surface area contributed by atoms with Crippen LogP contribution in [0.4, 0.5) is 9.59 Å². The Hall–Kier alpha value is -8.22. The van der Waals surface area contributed by atoms with E-state index < -0.39 is 17.3 Å². The summed E-state index contributed by atoms with van der Waals surface area (Å²) in [5, 5.41) is 9.69. The lowest BCUT2D eigenvalue weighted by molar-refractivity contribution is -0.147. The van der Waals surface area contributed by atoms with Crippen molar-refractivity contribution in [3.63, 3.8) is 0 Å². The molecule has 7 heterocycles. The number of esters is 6. The van der Waals surface area contributed by atoms with Gasteiger partial charge >= 0.3 is 48.0 Å². The van der Waals surface area contributed by atoms with Crippen LogP contribution in [0.1, 0.15) is 188 Å². The lowest BCUT2D eigenvalue weighted by atomic mass is 9.87. The van der Waals surface area contributed by atoms with Crippen molar-refractivity contribution in [3.05, 3.63) is 167 Å². The predicted octanol–water partition coefficient (Wildman–Crippen LogP) is 14.4. The number of Topliss-reactive ketones (excluding diaryl/α,β-unsaturated/α-hetero) is 1. The molecule has 3 N–H and O–H groups in total. The second kappa shape index (κ2) is 68.8. The molecule has 0 bridgehead atoms. The van der Waals surface area contributed by atoms with E-state index in [9.17, 15) is 43.2 Å². The van der Waals surface area contributed by atoms with Crippen molar-refractivity contribution in [3.8, 4) is 0 Å². The number of likely N-dealkylation sites (tertiary alicyclic amines) is 4. The number of amides is 2. The second-order valence-corrected chi connectivity index (χ2v) is 35.1. The zero-order chi connectivity index (χ0) is 97.7. The van der Waals surface area contributed by atoms with Gasteiger partial charge in [0.2, 0.25) is 0 Å². The molecule has 7 aliphatic rings. The summed E-state index contributed by atoms with van der Waals surface area (Å²) in [6.45, 7) is 34.6. The number of methoxy groups -OCH3 is 7. The first-order valence-electron chi connectivity index (χ1n) is 47.2. The average Bonchev–Trinajstić information content (AvgIpc) is 0.804. The Morgan fingerprint density at radius 2 is 0.654 bits per heavy atom. The number of ketones is 1. The number of ether oxygens (including phenoxy) is 15. The molecule has 11 atom stereocenters. The van der Waals surface area contributed by atoms with Gasteiger partial charge in [-0.05, 0) is 211 Å². The summed E-state index contributed by atoms with van der Waals surface area (Å²) in [6.07, 6.45) is 9.18. The van der Waals surface area contributed by atoms with Crippen LogP contribution >= 0.6 is 37.2 Å². The van der Waals surface area contributed by atoms with Crippen molar-refractivity contribution in [2.45, 2.75) is 220 Å². The molecule has 768 valence electrons. The second-order valence-electron chi connectivity index (χ2n) is 35.1. The van der Waals surface area contributed by atoms with Gasteiger partial charge in [0, 0.05) is 114 Å². The summed E-state index contributed by atoms with van der Waals surface area (Å²) < 4.78 is 78.3. The molecule has 0 radical (unpaired) electrons. The van der Waals surface area contributed by atoms with E-state index in [1.54, 1.807) is 67.5 Å². The zero-order valence-electron chi connectivity index (χ0n) is 83.9. The third-order valence-corrected chi connectivity index (χ3v) is 23.4. The fraction of sp³-hybridized carbons (Fsp3) is 0.637. The number of hydrogen-bond donors (Lipinski definition) is 3. The van der Waals surface area contributed by atoms with Crippen LogP contribution in [-0.4, -0.2) is 308 Å². The fourth-order valence-corrected chi connectivity index (χ4v) is 16.8.